The molecule has 0 aliphatic rings. The number of pyridine rings is 1. The summed E-state index contributed by atoms with van der Waals surface area (Å²) in [4.78, 5) is 29.4. The van der Waals surface area contributed by atoms with E-state index in [0.717, 1.165) is 43.8 Å². The number of rotatable bonds is 5. The Kier molecular flexibility index (Phi) is 4.64. The number of nitrogens with one attached hydrogen (secondary N) is 1. The van der Waals surface area contributed by atoms with Crippen molar-refractivity contribution in [2.45, 2.75) is 20.3 Å². The van der Waals surface area contributed by atoms with Crippen LogP contribution >= 0.6 is 11.3 Å². The van der Waals surface area contributed by atoms with Crippen LogP contribution in [0.5, 0.6) is 0 Å². The number of benzene rings is 1. The monoisotopic (exact) mass is 374 g/mol. The third-order valence-corrected chi connectivity index (χ3v) is 5.30. The lowest BCUT2D eigenvalue weighted by atomic mass is 10.1. The van der Waals surface area contributed by atoms with Gasteiger partial charge < -0.3 is 4.98 Å². The third kappa shape index (κ3) is 3.57. The maximum Gasteiger partial charge on any atom is 0.149 e. The second kappa shape index (κ2) is 7.25. The first-order chi connectivity index (χ1) is 13.1. The van der Waals surface area contributed by atoms with Gasteiger partial charge in [0.25, 0.3) is 0 Å². The molecule has 0 saturated heterocycles. The minimum absolute atomic E-state index is 0.0951. The molecule has 0 bridgehead atoms. The van der Waals surface area contributed by atoms with Crippen molar-refractivity contribution in [2.24, 2.45) is 0 Å². The number of carbonyl (C=O) groups excluding carboxylic acids is 1. The van der Waals surface area contributed by atoms with Crippen LogP contribution in [0.25, 0.3) is 32.5 Å². The van der Waals surface area contributed by atoms with Gasteiger partial charge in [-0.3, -0.25) is 9.78 Å². The number of ketones is 1. The second-order valence-corrected chi connectivity index (χ2v) is 7.37. The molecule has 0 aliphatic carbocycles. The third-order valence-electron chi connectivity index (χ3n) is 4.21. The number of Topliss-reactive ketones (excluding diaryl/α,β-unsaturated/α-hetero) is 1. The van der Waals surface area contributed by atoms with Gasteiger partial charge in [-0.25, -0.2) is 9.97 Å². The van der Waals surface area contributed by atoms with Crippen LogP contribution in [0, 0.1) is 6.92 Å². The number of hydrogen-bond donors (Lipinski definition) is 1. The second-order valence-electron chi connectivity index (χ2n) is 6.37. The van der Waals surface area contributed by atoms with Crippen LogP contribution in [0.15, 0.2) is 55.0 Å². The average Bonchev–Trinajstić information content (AvgIpc) is 3.33. The number of imidazole rings is 1. The van der Waals surface area contributed by atoms with Gasteiger partial charge >= 0.3 is 0 Å². The molecule has 6 heteroatoms. The summed E-state index contributed by atoms with van der Waals surface area (Å²) in [5.41, 5.74) is 4.74. The molecule has 134 valence electrons. The molecule has 1 aromatic carbocycles. The molecule has 1 N–H and O–H groups in total. The molecule has 27 heavy (non-hydrogen) atoms. The zero-order chi connectivity index (χ0) is 18.8. The lowest BCUT2D eigenvalue weighted by Crippen LogP contribution is -2.00. The van der Waals surface area contributed by atoms with Crippen LogP contribution < -0.4 is 0 Å². The van der Waals surface area contributed by atoms with E-state index in [1.165, 1.54) is 0 Å². The van der Waals surface area contributed by atoms with E-state index >= 15 is 0 Å². The van der Waals surface area contributed by atoms with Crippen LogP contribution in [0.2, 0.25) is 0 Å². The van der Waals surface area contributed by atoms with E-state index in [4.69, 9.17) is 4.98 Å². The van der Waals surface area contributed by atoms with Gasteiger partial charge in [-0.15, -0.1) is 11.3 Å². The standard InChI is InChI=1S/C21H18N4OS/c1-13-12-24-16(10-14(2)26)11-17(13)21-25-18(15-6-4-3-5-7-15)19(27-21)20-22-8-9-23-20/h3-9,11-12H,10H2,1-2H3,(H,22,23). The highest BCUT2D eigenvalue weighted by Gasteiger charge is 2.19. The van der Waals surface area contributed by atoms with E-state index in [0.29, 0.717) is 6.42 Å². The van der Waals surface area contributed by atoms with Gasteiger partial charge in [-0.1, -0.05) is 30.3 Å². The van der Waals surface area contributed by atoms with Crippen molar-refractivity contribution >= 4 is 17.1 Å². The molecule has 0 spiro atoms. The van der Waals surface area contributed by atoms with Crippen molar-refractivity contribution in [3.8, 4) is 32.5 Å². The maximum atomic E-state index is 11.5. The van der Waals surface area contributed by atoms with E-state index in [1.54, 1.807) is 24.5 Å². The fourth-order valence-corrected chi connectivity index (χ4v) is 4.05. The number of aryl methyl sites for hydroxylation is 1. The molecule has 0 aliphatic heterocycles. The average molecular weight is 374 g/mol. The molecule has 0 radical (unpaired) electrons. The predicted octanol–water partition coefficient (Wildman–Crippen LogP) is 4.70. The zero-order valence-electron chi connectivity index (χ0n) is 15.1. The molecule has 0 atom stereocenters. The minimum Gasteiger partial charge on any atom is -0.344 e. The molecule has 0 saturated carbocycles. The number of carbonyl (C=O) groups is 1. The highest BCUT2D eigenvalue weighted by molar-refractivity contribution is 7.18. The van der Waals surface area contributed by atoms with Crippen molar-refractivity contribution in [2.75, 3.05) is 0 Å². The number of hydrogen-bond acceptors (Lipinski definition) is 5. The zero-order valence-corrected chi connectivity index (χ0v) is 15.9. The quantitative estimate of drug-likeness (QED) is 0.549. The summed E-state index contributed by atoms with van der Waals surface area (Å²) in [5.74, 6) is 0.894. The summed E-state index contributed by atoms with van der Waals surface area (Å²) < 4.78 is 0. The van der Waals surface area contributed by atoms with Gasteiger partial charge in [0.1, 0.15) is 16.6 Å². The van der Waals surface area contributed by atoms with Crippen molar-refractivity contribution < 1.29 is 4.79 Å². The summed E-state index contributed by atoms with van der Waals surface area (Å²) >= 11 is 1.59. The largest absolute Gasteiger partial charge is 0.344 e. The van der Waals surface area contributed by atoms with Crippen LogP contribution in [0.4, 0.5) is 0 Å². The maximum absolute atomic E-state index is 11.5. The molecule has 4 aromatic rings. The number of aromatic nitrogens is 4. The summed E-state index contributed by atoms with van der Waals surface area (Å²) in [6.07, 6.45) is 5.69. The fourth-order valence-electron chi connectivity index (χ4n) is 2.93. The Morgan fingerprint density at radius 1 is 1.19 bits per heavy atom. The van der Waals surface area contributed by atoms with Gasteiger partial charge in [0.2, 0.25) is 0 Å². The number of aromatic amines is 1. The highest BCUT2D eigenvalue weighted by atomic mass is 32.1. The van der Waals surface area contributed by atoms with Crippen LogP contribution in [0.3, 0.4) is 0 Å². The Morgan fingerprint density at radius 3 is 2.70 bits per heavy atom. The Hall–Kier alpha value is -3.12. The molecular weight excluding hydrogens is 356 g/mol. The summed E-state index contributed by atoms with van der Waals surface area (Å²) in [7, 11) is 0. The summed E-state index contributed by atoms with van der Waals surface area (Å²) in [6, 6.07) is 12.1. The summed E-state index contributed by atoms with van der Waals surface area (Å²) in [6.45, 7) is 3.59. The van der Waals surface area contributed by atoms with Crippen LogP contribution in [-0.4, -0.2) is 25.7 Å². The molecule has 0 unspecified atom stereocenters. The first kappa shape index (κ1) is 17.3. The highest BCUT2D eigenvalue weighted by Crippen LogP contribution is 2.40. The molecule has 3 heterocycles. The van der Waals surface area contributed by atoms with E-state index < -0.39 is 0 Å². The number of thiazole rings is 1. The van der Waals surface area contributed by atoms with E-state index in [1.807, 2.05) is 55.7 Å². The van der Waals surface area contributed by atoms with Crippen molar-refractivity contribution in [3.63, 3.8) is 0 Å². The molecule has 0 amide bonds. The van der Waals surface area contributed by atoms with Crippen molar-refractivity contribution in [3.05, 3.63) is 66.2 Å². The molecule has 4 rings (SSSR count). The topological polar surface area (TPSA) is 71.5 Å². The lowest BCUT2D eigenvalue weighted by Gasteiger charge is -2.04. The summed E-state index contributed by atoms with van der Waals surface area (Å²) in [5, 5.41) is 0.893. The Labute approximate surface area is 161 Å². The van der Waals surface area contributed by atoms with E-state index in [-0.39, 0.29) is 5.78 Å². The number of nitrogens with zero attached hydrogens (tertiary/aromatic N) is 3. The van der Waals surface area contributed by atoms with Gasteiger partial charge in [-0.05, 0) is 25.5 Å². The van der Waals surface area contributed by atoms with Crippen molar-refractivity contribution in [1.82, 2.24) is 19.9 Å². The predicted molar refractivity (Wildman–Crippen MR) is 107 cm³/mol. The van der Waals surface area contributed by atoms with Gasteiger partial charge in [0, 0.05) is 41.8 Å². The van der Waals surface area contributed by atoms with Crippen LogP contribution in [0.1, 0.15) is 18.2 Å². The Balaban J connectivity index is 1.87. The molecule has 0 fully saturated rings. The number of H-pyrrole nitrogens is 1. The van der Waals surface area contributed by atoms with E-state index in [2.05, 4.69) is 15.0 Å². The van der Waals surface area contributed by atoms with Crippen molar-refractivity contribution in [1.29, 1.82) is 0 Å². The first-order valence-corrected chi connectivity index (χ1v) is 9.45. The normalized spacial score (nSPS) is 10.9. The fraction of sp³-hybridized carbons (Fsp3) is 0.143. The lowest BCUT2D eigenvalue weighted by molar-refractivity contribution is -0.116. The van der Waals surface area contributed by atoms with Crippen LogP contribution in [-0.2, 0) is 11.2 Å². The SMILES string of the molecule is CC(=O)Cc1cc(-c2nc(-c3ccccc3)c(-c3ncc[nH]3)s2)c(C)cn1. The van der Waals surface area contributed by atoms with E-state index in [9.17, 15) is 4.79 Å². The Morgan fingerprint density at radius 2 is 2.00 bits per heavy atom. The molecule has 5 nitrogen and oxygen atoms in total. The molecular formula is C21H18N4OS. The van der Waals surface area contributed by atoms with Gasteiger partial charge in [0.15, 0.2) is 0 Å². The first-order valence-electron chi connectivity index (χ1n) is 8.63. The van der Waals surface area contributed by atoms with Gasteiger partial charge in [-0.2, -0.15) is 0 Å². The smallest absolute Gasteiger partial charge is 0.149 e. The minimum atomic E-state index is 0.0951. The van der Waals surface area contributed by atoms with Gasteiger partial charge in [0.05, 0.1) is 10.6 Å². The Bertz CT molecular complexity index is 1080. The molecule has 3 aromatic heterocycles.